The van der Waals surface area contributed by atoms with Gasteiger partial charge in [-0.3, -0.25) is 4.99 Å². The molecule has 2 N–H and O–H groups in total. The number of ether oxygens (including phenoxy) is 2. The zero-order chi connectivity index (χ0) is 20.6. The zero-order valence-corrected chi connectivity index (χ0v) is 17.7. The molecule has 0 spiro atoms. The van der Waals surface area contributed by atoms with Crippen LogP contribution in [0.1, 0.15) is 49.0 Å². The van der Waals surface area contributed by atoms with Crippen LogP contribution in [0.25, 0.3) is 0 Å². The summed E-state index contributed by atoms with van der Waals surface area (Å²) in [7, 11) is 1.75. The van der Waals surface area contributed by atoms with Crippen molar-refractivity contribution in [2.45, 2.75) is 52.2 Å². The van der Waals surface area contributed by atoms with Gasteiger partial charge in [-0.2, -0.15) is 4.98 Å². The van der Waals surface area contributed by atoms with Crippen LogP contribution < -0.4 is 15.4 Å². The van der Waals surface area contributed by atoms with Crippen LogP contribution >= 0.6 is 0 Å². The average Bonchev–Trinajstić information content (AvgIpc) is 3.38. The number of hydrogen-bond donors (Lipinski definition) is 2. The molecule has 0 bridgehead atoms. The summed E-state index contributed by atoms with van der Waals surface area (Å²) in [5.41, 5.74) is 2.26. The second-order valence-electron chi connectivity index (χ2n) is 7.52. The molecule has 8 nitrogen and oxygen atoms in total. The van der Waals surface area contributed by atoms with Crippen molar-refractivity contribution in [2.75, 3.05) is 26.8 Å². The third-order valence-electron chi connectivity index (χ3n) is 4.71. The minimum Gasteiger partial charge on any atom is -0.488 e. The number of rotatable bonds is 8. The lowest BCUT2D eigenvalue weighted by atomic mass is 10.1. The standard InChI is InChI=1S/C21H31N5O3/c1-14(2)20-25-19(29-26-20)7-9-23-21(22-4)24-12-16-6-5-15(3)11-18(16)28-17-8-10-27-13-17/h5-6,11,14,17H,7-10,12-13H2,1-4H3,(H2,22,23,24). The van der Waals surface area contributed by atoms with Crippen molar-refractivity contribution < 1.29 is 14.0 Å². The quantitative estimate of drug-likeness (QED) is 0.519. The molecule has 8 heteroatoms. The van der Waals surface area contributed by atoms with Crippen LogP contribution in [-0.2, 0) is 17.7 Å². The van der Waals surface area contributed by atoms with Crippen LogP contribution in [0.15, 0.2) is 27.7 Å². The number of aliphatic imine (C=N–C) groups is 1. The maximum absolute atomic E-state index is 6.16. The van der Waals surface area contributed by atoms with E-state index in [2.05, 4.69) is 50.9 Å². The van der Waals surface area contributed by atoms with Gasteiger partial charge in [0.15, 0.2) is 11.8 Å². The zero-order valence-electron chi connectivity index (χ0n) is 17.7. The van der Waals surface area contributed by atoms with Gasteiger partial charge in [0.2, 0.25) is 5.89 Å². The van der Waals surface area contributed by atoms with E-state index in [9.17, 15) is 0 Å². The molecule has 1 aliphatic rings. The highest BCUT2D eigenvalue weighted by molar-refractivity contribution is 5.79. The third kappa shape index (κ3) is 6.19. The molecule has 158 valence electrons. The Balaban J connectivity index is 1.50. The number of nitrogens with zero attached hydrogens (tertiary/aromatic N) is 3. The van der Waals surface area contributed by atoms with Crippen molar-refractivity contribution >= 4 is 5.96 Å². The third-order valence-corrected chi connectivity index (χ3v) is 4.71. The Hall–Kier alpha value is -2.61. The lowest BCUT2D eigenvalue weighted by Crippen LogP contribution is -2.38. The first kappa shape index (κ1) is 21.1. The molecule has 2 aromatic rings. The number of benzene rings is 1. The van der Waals surface area contributed by atoms with Gasteiger partial charge in [0.25, 0.3) is 0 Å². The minimum atomic E-state index is 0.123. The molecule has 2 heterocycles. The Kier molecular flexibility index (Phi) is 7.46. The highest BCUT2D eigenvalue weighted by Crippen LogP contribution is 2.23. The number of guanidine groups is 1. The maximum Gasteiger partial charge on any atom is 0.228 e. The van der Waals surface area contributed by atoms with Crippen LogP contribution in [0.4, 0.5) is 0 Å². The Morgan fingerprint density at radius 2 is 2.21 bits per heavy atom. The predicted octanol–water partition coefficient (Wildman–Crippen LogP) is 2.58. The summed E-state index contributed by atoms with van der Waals surface area (Å²) in [5.74, 6) is 3.24. The Morgan fingerprint density at radius 1 is 1.34 bits per heavy atom. The molecule has 0 saturated carbocycles. The van der Waals surface area contributed by atoms with Gasteiger partial charge < -0.3 is 24.6 Å². The molecule has 0 radical (unpaired) electrons. The number of hydrogen-bond acceptors (Lipinski definition) is 6. The highest BCUT2D eigenvalue weighted by Gasteiger charge is 2.19. The van der Waals surface area contributed by atoms with E-state index in [-0.39, 0.29) is 12.0 Å². The van der Waals surface area contributed by atoms with Gasteiger partial charge in [0, 0.05) is 44.5 Å². The summed E-state index contributed by atoms with van der Waals surface area (Å²) in [6, 6.07) is 6.26. The normalized spacial score (nSPS) is 17.0. The molecule has 1 fully saturated rings. The summed E-state index contributed by atoms with van der Waals surface area (Å²) < 4.78 is 16.9. The first-order valence-corrected chi connectivity index (χ1v) is 10.2. The summed E-state index contributed by atoms with van der Waals surface area (Å²) in [6.07, 6.45) is 1.69. The fraction of sp³-hybridized carbons (Fsp3) is 0.571. The lowest BCUT2D eigenvalue weighted by molar-refractivity contribution is 0.140. The van der Waals surface area contributed by atoms with E-state index in [1.807, 2.05) is 13.8 Å². The van der Waals surface area contributed by atoms with Gasteiger partial charge in [-0.15, -0.1) is 0 Å². The monoisotopic (exact) mass is 401 g/mol. The summed E-state index contributed by atoms with van der Waals surface area (Å²) in [5, 5.41) is 10.6. The number of aryl methyl sites for hydroxylation is 1. The lowest BCUT2D eigenvalue weighted by Gasteiger charge is -2.18. The van der Waals surface area contributed by atoms with E-state index >= 15 is 0 Å². The number of aromatic nitrogens is 2. The molecule has 0 amide bonds. The van der Waals surface area contributed by atoms with Crippen LogP contribution in [-0.4, -0.2) is 49.0 Å². The van der Waals surface area contributed by atoms with Gasteiger partial charge in [-0.1, -0.05) is 31.1 Å². The van der Waals surface area contributed by atoms with E-state index in [1.165, 1.54) is 5.56 Å². The van der Waals surface area contributed by atoms with Gasteiger partial charge in [0.05, 0.1) is 13.2 Å². The predicted molar refractivity (Wildman–Crippen MR) is 111 cm³/mol. The van der Waals surface area contributed by atoms with E-state index in [4.69, 9.17) is 14.0 Å². The topological polar surface area (TPSA) is 93.8 Å². The Labute approximate surface area is 172 Å². The summed E-state index contributed by atoms with van der Waals surface area (Å²) in [4.78, 5) is 8.68. The van der Waals surface area contributed by atoms with E-state index in [0.717, 1.165) is 30.2 Å². The number of nitrogens with one attached hydrogen (secondary N) is 2. The fourth-order valence-corrected chi connectivity index (χ4v) is 2.99. The van der Waals surface area contributed by atoms with Gasteiger partial charge >= 0.3 is 0 Å². The molecule has 1 aromatic heterocycles. The molecule has 29 heavy (non-hydrogen) atoms. The van der Waals surface area contributed by atoms with Crippen molar-refractivity contribution in [3.05, 3.63) is 41.0 Å². The summed E-state index contributed by atoms with van der Waals surface area (Å²) >= 11 is 0. The fourth-order valence-electron chi connectivity index (χ4n) is 2.99. The molecule has 1 atom stereocenters. The van der Waals surface area contributed by atoms with Crippen LogP contribution in [0, 0.1) is 6.92 Å². The molecule has 0 aliphatic carbocycles. The second kappa shape index (κ2) is 10.2. The molecule has 3 rings (SSSR count). The molecule has 1 saturated heterocycles. The van der Waals surface area contributed by atoms with Gasteiger partial charge in [0.1, 0.15) is 11.9 Å². The van der Waals surface area contributed by atoms with Crippen molar-refractivity contribution in [2.24, 2.45) is 4.99 Å². The average molecular weight is 402 g/mol. The minimum absolute atomic E-state index is 0.123. The first-order valence-electron chi connectivity index (χ1n) is 10.2. The Bertz CT molecular complexity index is 812. The Morgan fingerprint density at radius 3 is 2.90 bits per heavy atom. The molecule has 1 aliphatic heterocycles. The van der Waals surface area contributed by atoms with Crippen molar-refractivity contribution in [1.82, 2.24) is 20.8 Å². The van der Waals surface area contributed by atoms with Crippen molar-refractivity contribution in [3.63, 3.8) is 0 Å². The van der Waals surface area contributed by atoms with Crippen molar-refractivity contribution in [1.29, 1.82) is 0 Å². The van der Waals surface area contributed by atoms with Gasteiger partial charge in [-0.25, -0.2) is 0 Å². The van der Waals surface area contributed by atoms with Crippen LogP contribution in [0.5, 0.6) is 5.75 Å². The van der Waals surface area contributed by atoms with E-state index in [0.29, 0.717) is 38.0 Å². The SMILES string of the molecule is CN=C(NCCc1nc(C(C)C)no1)NCc1ccc(C)cc1OC1CCOC1. The summed E-state index contributed by atoms with van der Waals surface area (Å²) in [6.45, 7) is 8.83. The maximum atomic E-state index is 6.16. The van der Waals surface area contributed by atoms with Crippen molar-refractivity contribution in [3.8, 4) is 5.75 Å². The highest BCUT2D eigenvalue weighted by atomic mass is 16.5. The van der Waals surface area contributed by atoms with Gasteiger partial charge in [-0.05, 0) is 18.6 Å². The largest absolute Gasteiger partial charge is 0.488 e. The molecule has 1 aromatic carbocycles. The van der Waals surface area contributed by atoms with Crippen LogP contribution in [0.3, 0.4) is 0 Å². The second-order valence-corrected chi connectivity index (χ2v) is 7.52. The molecular weight excluding hydrogens is 370 g/mol. The smallest absolute Gasteiger partial charge is 0.228 e. The molecular formula is C21H31N5O3. The van der Waals surface area contributed by atoms with Crippen LogP contribution in [0.2, 0.25) is 0 Å². The first-order chi connectivity index (χ1) is 14.0. The molecule has 1 unspecified atom stereocenters. The van der Waals surface area contributed by atoms with E-state index in [1.54, 1.807) is 7.05 Å². The van der Waals surface area contributed by atoms with E-state index < -0.39 is 0 Å².